The molecule has 0 saturated heterocycles. The summed E-state index contributed by atoms with van der Waals surface area (Å²) in [4.78, 5) is 30.9. The van der Waals surface area contributed by atoms with E-state index < -0.39 is 5.54 Å². The Bertz CT molecular complexity index is 1350. The normalized spacial score (nSPS) is 15.0. The average molecular weight is 483 g/mol. The number of halogens is 1. The molecule has 1 aromatic heterocycles. The lowest BCUT2D eigenvalue weighted by Gasteiger charge is -2.23. The van der Waals surface area contributed by atoms with Crippen LogP contribution in [0, 0.1) is 24.2 Å². The zero-order valence-corrected chi connectivity index (χ0v) is 20.1. The maximum absolute atomic E-state index is 13.5. The Labute approximate surface area is 200 Å². The van der Waals surface area contributed by atoms with Crippen LogP contribution < -0.4 is 15.6 Å². The van der Waals surface area contributed by atoms with E-state index in [-0.39, 0.29) is 23.1 Å². The molecular weight excluding hydrogens is 460 g/mol. The van der Waals surface area contributed by atoms with Crippen molar-refractivity contribution in [2.45, 2.75) is 37.4 Å². The Morgan fingerprint density at radius 3 is 2.79 bits per heavy atom. The molecule has 33 heavy (non-hydrogen) atoms. The summed E-state index contributed by atoms with van der Waals surface area (Å²) in [5.74, 6) is 0.387. The van der Waals surface area contributed by atoms with Gasteiger partial charge in [0, 0.05) is 5.02 Å². The molecule has 9 heteroatoms. The van der Waals surface area contributed by atoms with E-state index in [1.54, 1.807) is 31.2 Å². The highest BCUT2D eigenvalue weighted by atomic mass is 35.5. The van der Waals surface area contributed by atoms with Crippen molar-refractivity contribution in [1.82, 2.24) is 14.9 Å². The molecule has 2 aromatic carbocycles. The van der Waals surface area contributed by atoms with Gasteiger partial charge in [-0.3, -0.25) is 14.2 Å². The minimum absolute atomic E-state index is 0.00334. The van der Waals surface area contributed by atoms with Gasteiger partial charge in [-0.2, -0.15) is 5.26 Å². The quantitative estimate of drug-likeness (QED) is 0.399. The molecule has 4 rings (SSSR count). The molecule has 1 atom stereocenters. The second-order valence-electron chi connectivity index (χ2n) is 8.30. The molecule has 170 valence electrons. The van der Waals surface area contributed by atoms with Crippen LogP contribution in [0.1, 0.15) is 25.3 Å². The molecule has 1 aliphatic rings. The number of amides is 1. The van der Waals surface area contributed by atoms with Gasteiger partial charge in [-0.25, -0.2) is 4.98 Å². The lowest BCUT2D eigenvalue weighted by Crippen LogP contribution is -2.47. The van der Waals surface area contributed by atoms with Gasteiger partial charge in [0.1, 0.15) is 11.3 Å². The van der Waals surface area contributed by atoms with Gasteiger partial charge < -0.3 is 10.1 Å². The Morgan fingerprint density at radius 1 is 1.36 bits per heavy atom. The van der Waals surface area contributed by atoms with E-state index >= 15 is 0 Å². The van der Waals surface area contributed by atoms with Gasteiger partial charge in [0.15, 0.2) is 5.16 Å². The van der Waals surface area contributed by atoms with Crippen molar-refractivity contribution in [1.29, 1.82) is 5.26 Å². The zero-order valence-electron chi connectivity index (χ0n) is 18.5. The van der Waals surface area contributed by atoms with Crippen LogP contribution in [0.5, 0.6) is 5.75 Å². The number of nitriles is 1. The number of benzene rings is 2. The summed E-state index contributed by atoms with van der Waals surface area (Å²) in [5.41, 5.74) is 0.745. The lowest BCUT2D eigenvalue weighted by molar-refractivity contribution is -0.119. The number of carbonyl (C=O) groups is 1. The number of methoxy groups -OCH3 is 1. The molecule has 0 radical (unpaired) electrons. The van der Waals surface area contributed by atoms with Gasteiger partial charge >= 0.3 is 0 Å². The number of hydrogen-bond donors (Lipinski definition) is 1. The molecule has 0 spiro atoms. The van der Waals surface area contributed by atoms with Crippen LogP contribution in [0.3, 0.4) is 0 Å². The van der Waals surface area contributed by atoms with E-state index in [1.165, 1.54) is 11.7 Å². The van der Waals surface area contributed by atoms with Crippen LogP contribution >= 0.6 is 23.4 Å². The average Bonchev–Trinajstić information content (AvgIpc) is 3.63. The first-order valence-corrected chi connectivity index (χ1v) is 11.8. The van der Waals surface area contributed by atoms with E-state index in [9.17, 15) is 14.9 Å². The third-order valence-corrected chi connectivity index (χ3v) is 6.91. The summed E-state index contributed by atoms with van der Waals surface area (Å²) in [7, 11) is 1.54. The van der Waals surface area contributed by atoms with Gasteiger partial charge in [-0.05, 0) is 68.5 Å². The molecule has 1 amide bonds. The Hall–Kier alpha value is -3.02. The molecule has 0 bridgehead atoms. The van der Waals surface area contributed by atoms with Crippen molar-refractivity contribution >= 4 is 40.2 Å². The highest BCUT2D eigenvalue weighted by molar-refractivity contribution is 7.99. The van der Waals surface area contributed by atoms with Crippen LogP contribution in [0.25, 0.3) is 16.6 Å². The molecular formula is C24H23ClN4O3S. The number of nitrogens with one attached hydrogen (secondary N) is 1. The standard InChI is InChI=1S/C24H23ClN4O3S/c1-14-4-9-20(32-3)19(10-14)29-22(31)17-8-7-16(25)11-18(17)27-23(29)33-12-21(30)28-24(2,13-26)15-5-6-15/h4,7-11,15H,5-6,12H2,1-3H3,(H,28,30). The third-order valence-electron chi connectivity index (χ3n) is 5.73. The van der Waals surface area contributed by atoms with Crippen molar-refractivity contribution in [2.24, 2.45) is 5.92 Å². The summed E-state index contributed by atoms with van der Waals surface area (Å²) < 4.78 is 6.96. The highest BCUT2D eigenvalue weighted by Gasteiger charge is 2.43. The number of rotatable bonds is 7. The van der Waals surface area contributed by atoms with Gasteiger partial charge in [-0.15, -0.1) is 0 Å². The summed E-state index contributed by atoms with van der Waals surface area (Å²) in [6.45, 7) is 3.67. The summed E-state index contributed by atoms with van der Waals surface area (Å²) in [5, 5.41) is 13.6. The predicted molar refractivity (Wildman–Crippen MR) is 129 cm³/mol. The molecule has 0 aliphatic heterocycles. The number of hydrogen-bond acceptors (Lipinski definition) is 6. The molecule has 3 aromatic rings. The SMILES string of the molecule is COc1ccc(C)cc1-n1c(SCC(=O)NC(C)(C#N)C2CC2)nc2cc(Cl)ccc2c1=O. The topological polar surface area (TPSA) is 97.0 Å². The van der Waals surface area contributed by atoms with Crippen molar-refractivity contribution in [3.8, 4) is 17.5 Å². The first kappa shape index (κ1) is 23.1. The molecule has 1 saturated carbocycles. The van der Waals surface area contributed by atoms with Gasteiger partial charge in [0.2, 0.25) is 5.91 Å². The van der Waals surface area contributed by atoms with E-state index in [4.69, 9.17) is 16.3 Å². The van der Waals surface area contributed by atoms with E-state index in [0.29, 0.717) is 32.5 Å². The molecule has 1 N–H and O–H groups in total. The van der Waals surface area contributed by atoms with E-state index in [0.717, 1.165) is 30.2 Å². The second kappa shape index (κ2) is 9.08. The molecule has 1 aliphatic carbocycles. The minimum atomic E-state index is -0.887. The van der Waals surface area contributed by atoms with Crippen molar-refractivity contribution in [3.63, 3.8) is 0 Å². The van der Waals surface area contributed by atoms with Crippen molar-refractivity contribution in [2.75, 3.05) is 12.9 Å². The first-order valence-electron chi connectivity index (χ1n) is 10.5. The van der Waals surface area contributed by atoms with Crippen LogP contribution in [0.2, 0.25) is 5.02 Å². The van der Waals surface area contributed by atoms with Crippen molar-refractivity contribution in [3.05, 3.63) is 57.3 Å². The summed E-state index contributed by atoms with van der Waals surface area (Å²) in [6.07, 6.45) is 1.86. The Kier molecular flexibility index (Phi) is 6.37. The largest absolute Gasteiger partial charge is 0.495 e. The molecule has 1 heterocycles. The maximum atomic E-state index is 13.5. The van der Waals surface area contributed by atoms with Gasteiger partial charge in [-0.1, -0.05) is 29.4 Å². The Morgan fingerprint density at radius 2 is 2.12 bits per heavy atom. The van der Waals surface area contributed by atoms with Gasteiger partial charge in [0.25, 0.3) is 5.56 Å². The first-order chi connectivity index (χ1) is 15.8. The van der Waals surface area contributed by atoms with Crippen LogP contribution in [-0.2, 0) is 4.79 Å². The Balaban J connectivity index is 1.76. The second-order valence-corrected chi connectivity index (χ2v) is 9.68. The predicted octanol–water partition coefficient (Wildman–Crippen LogP) is 4.26. The molecule has 7 nitrogen and oxygen atoms in total. The highest BCUT2D eigenvalue weighted by Crippen LogP contribution is 2.39. The minimum Gasteiger partial charge on any atom is -0.495 e. The molecule has 1 fully saturated rings. The fourth-order valence-corrected chi connectivity index (χ4v) is 4.73. The lowest BCUT2D eigenvalue weighted by atomic mass is 9.98. The fraction of sp³-hybridized carbons (Fsp3) is 0.333. The molecule has 1 unspecified atom stereocenters. The summed E-state index contributed by atoms with van der Waals surface area (Å²) in [6, 6.07) is 12.7. The number of nitrogens with zero attached hydrogens (tertiary/aromatic N) is 3. The number of fused-ring (bicyclic) bond motifs is 1. The number of thioether (sulfide) groups is 1. The van der Waals surface area contributed by atoms with Crippen LogP contribution in [0.4, 0.5) is 0 Å². The number of ether oxygens (including phenoxy) is 1. The van der Waals surface area contributed by atoms with Crippen molar-refractivity contribution < 1.29 is 9.53 Å². The smallest absolute Gasteiger partial charge is 0.266 e. The number of aryl methyl sites for hydroxylation is 1. The number of carbonyl (C=O) groups excluding carboxylic acids is 1. The van der Waals surface area contributed by atoms with E-state index in [1.807, 2.05) is 19.1 Å². The third kappa shape index (κ3) is 4.70. The zero-order chi connectivity index (χ0) is 23.8. The maximum Gasteiger partial charge on any atom is 0.266 e. The van der Waals surface area contributed by atoms with Gasteiger partial charge in [0.05, 0.1) is 35.5 Å². The van der Waals surface area contributed by atoms with Crippen LogP contribution in [-0.4, -0.2) is 33.9 Å². The monoisotopic (exact) mass is 482 g/mol. The fourth-order valence-electron chi connectivity index (χ4n) is 3.76. The summed E-state index contributed by atoms with van der Waals surface area (Å²) >= 11 is 7.25. The number of aromatic nitrogens is 2. The van der Waals surface area contributed by atoms with E-state index in [2.05, 4.69) is 16.4 Å². The van der Waals surface area contributed by atoms with Crippen LogP contribution in [0.15, 0.2) is 46.3 Å².